The Morgan fingerprint density at radius 2 is 1.75 bits per heavy atom. The molecule has 0 spiro atoms. The molecule has 0 N–H and O–H groups in total. The molecule has 1 aliphatic carbocycles. The minimum absolute atomic E-state index is 0.499. The van der Waals surface area contributed by atoms with E-state index in [4.69, 9.17) is 0 Å². The van der Waals surface area contributed by atoms with Crippen LogP contribution in [-0.4, -0.2) is 0 Å². The Balaban J connectivity index is 2.90. The Morgan fingerprint density at radius 1 is 1.25 bits per heavy atom. The van der Waals surface area contributed by atoms with E-state index >= 15 is 0 Å². The molecule has 0 nitrogen and oxygen atoms in total. The standard InChI is InChI=1S/C16H30/c1-8-10-14(11(3)4)15(9-2)16(7)12(5)13(16)6/h9,11-14H,8,10H2,1-7H3. The molecule has 0 aromatic heterocycles. The van der Waals surface area contributed by atoms with Crippen molar-refractivity contribution in [2.45, 2.75) is 61.3 Å². The van der Waals surface area contributed by atoms with Gasteiger partial charge in [-0.3, -0.25) is 0 Å². The van der Waals surface area contributed by atoms with E-state index < -0.39 is 0 Å². The Bertz CT molecular complexity index is 251. The van der Waals surface area contributed by atoms with Crippen molar-refractivity contribution in [3.8, 4) is 0 Å². The first-order valence-electron chi connectivity index (χ1n) is 7.07. The summed E-state index contributed by atoms with van der Waals surface area (Å²) in [5.41, 5.74) is 2.24. The van der Waals surface area contributed by atoms with Gasteiger partial charge in [-0.1, -0.05) is 59.6 Å². The van der Waals surface area contributed by atoms with Crippen molar-refractivity contribution in [1.82, 2.24) is 0 Å². The number of hydrogen-bond donors (Lipinski definition) is 0. The van der Waals surface area contributed by atoms with Gasteiger partial charge in [-0.2, -0.15) is 0 Å². The predicted molar refractivity (Wildman–Crippen MR) is 73.4 cm³/mol. The fourth-order valence-corrected chi connectivity index (χ4v) is 3.59. The van der Waals surface area contributed by atoms with Crippen molar-refractivity contribution in [1.29, 1.82) is 0 Å². The molecule has 0 bridgehead atoms. The number of rotatable bonds is 5. The average Bonchev–Trinajstić information content (AvgIpc) is 2.70. The van der Waals surface area contributed by atoms with Crippen LogP contribution < -0.4 is 0 Å². The summed E-state index contributed by atoms with van der Waals surface area (Å²) in [4.78, 5) is 0. The zero-order valence-electron chi connectivity index (χ0n) is 12.3. The van der Waals surface area contributed by atoms with E-state index in [0.29, 0.717) is 5.41 Å². The molecule has 0 heteroatoms. The average molecular weight is 222 g/mol. The van der Waals surface area contributed by atoms with E-state index in [9.17, 15) is 0 Å². The van der Waals surface area contributed by atoms with Gasteiger partial charge >= 0.3 is 0 Å². The third-order valence-electron chi connectivity index (χ3n) is 5.27. The smallest absolute Gasteiger partial charge is 0.00567 e. The van der Waals surface area contributed by atoms with E-state index in [0.717, 1.165) is 23.7 Å². The molecule has 0 amide bonds. The summed E-state index contributed by atoms with van der Waals surface area (Å²) in [5, 5.41) is 0. The second kappa shape index (κ2) is 4.94. The normalized spacial score (nSPS) is 36.6. The zero-order chi connectivity index (χ0) is 12.5. The molecular weight excluding hydrogens is 192 g/mol. The van der Waals surface area contributed by atoms with Gasteiger partial charge in [-0.15, -0.1) is 0 Å². The first-order chi connectivity index (χ1) is 7.41. The molecule has 1 fully saturated rings. The van der Waals surface area contributed by atoms with Crippen LogP contribution >= 0.6 is 0 Å². The van der Waals surface area contributed by atoms with E-state index in [1.165, 1.54) is 12.8 Å². The number of allylic oxidation sites excluding steroid dienone is 2. The van der Waals surface area contributed by atoms with Crippen molar-refractivity contribution in [3.05, 3.63) is 11.6 Å². The molecule has 0 aromatic rings. The first kappa shape index (κ1) is 13.8. The van der Waals surface area contributed by atoms with Gasteiger partial charge in [0, 0.05) is 0 Å². The minimum Gasteiger partial charge on any atom is -0.0876 e. The highest BCUT2D eigenvalue weighted by Crippen LogP contribution is 2.64. The largest absolute Gasteiger partial charge is 0.0876 e. The predicted octanol–water partition coefficient (Wildman–Crippen LogP) is 5.30. The third-order valence-corrected chi connectivity index (χ3v) is 5.27. The summed E-state index contributed by atoms with van der Waals surface area (Å²) in [5.74, 6) is 3.32. The lowest BCUT2D eigenvalue weighted by Gasteiger charge is -2.29. The van der Waals surface area contributed by atoms with Crippen LogP contribution in [0.2, 0.25) is 0 Å². The highest BCUT2D eigenvalue weighted by molar-refractivity contribution is 5.28. The molecule has 0 radical (unpaired) electrons. The summed E-state index contributed by atoms with van der Waals surface area (Å²) in [6, 6.07) is 0. The molecule has 1 aliphatic rings. The van der Waals surface area contributed by atoms with E-state index in [1.54, 1.807) is 5.57 Å². The minimum atomic E-state index is 0.499. The van der Waals surface area contributed by atoms with Gasteiger partial charge in [0.05, 0.1) is 0 Å². The lowest BCUT2D eigenvalue weighted by atomic mass is 9.76. The highest BCUT2D eigenvalue weighted by atomic mass is 14.6. The summed E-state index contributed by atoms with van der Waals surface area (Å²) in [6.07, 6.45) is 5.08. The maximum atomic E-state index is 2.47. The Kier molecular flexibility index (Phi) is 4.26. The Hall–Kier alpha value is -0.260. The zero-order valence-corrected chi connectivity index (χ0v) is 12.3. The van der Waals surface area contributed by atoms with Gasteiger partial charge in [-0.05, 0) is 42.4 Å². The van der Waals surface area contributed by atoms with Crippen molar-refractivity contribution >= 4 is 0 Å². The van der Waals surface area contributed by atoms with Gasteiger partial charge in [-0.25, -0.2) is 0 Å². The van der Waals surface area contributed by atoms with Crippen LogP contribution in [0.5, 0.6) is 0 Å². The Labute approximate surface area is 103 Å². The van der Waals surface area contributed by atoms with Crippen molar-refractivity contribution in [3.63, 3.8) is 0 Å². The van der Waals surface area contributed by atoms with Gasteiger partial charge in [0.15, 0.2) is 0 Å². The molecule has 0 saturated heterocycles. The second-order valence-electron chi connectivity index (χ2n) is 6.24. The molecular formula is C16H30. The highest BCUT2D eigenvalue weighted by Gasteiger charge is 2.58. The van der Waals surface area contributed by atoms with Crippen LogP contribution in [0.1, 0.15) is 61.3 Å². The fraction of sp³-hybridized carbons (Fsp3) is 0.875. The molecule has 0 aliphatic heterocycles. The lowest BCUT2D eigenvalue weighted by Crippen LogP contribution is -2.19. The third kappa shape index (κ3) is 2.08. The van der Waals surface area contributed by atoms with Crippen LogP contribution in [0.25, 0.3) is 0 Å². The van der Waals surface area contributed by atoms with Gasteiger partial charge in [0.2, 0.25) is 0 Å². The molecule has 16 heavy (non-hydrogen) atoms. The van der Waals surface area contributed by atoms with Crippen LogP contribution in [-0.2, 0) is 0 Å². The molecule has 1 saturated carbocycles. The molecule has 94 valence electrons. The summed E-state index contributed by atoms with van der Waals surface area (Å²) in [6.45, 7) is 16.6. The molecule has 3 unspecified atom stereocenters. The van der Waals surface area contributed by atoms with Crippen LogP contribution in [0, 0.1) is 29.1 Å². The maximum Gasteiger partial charge on any atom is -0.00567 e. The molecule has 0 heterocycles. The Morgan fingerprint density at radius 3 is 2.00 bits per heavy atom. The molecule has 0 aromatic carbocycles. The van der Waals surface area contributed by atoms with Crippen molar-refractivity contribution in [2.24, 2.45) is 29.1 Å². The van der Waals surface area contributed by atoms with Crippen LogP contribution in [0.4, 0.5) is 0 Å². The molecule has 1 rings (SSSR count). The maximum absolute atomic E-state index is 2.47. The number of hydrogen-bond acceptors (Lipinski definition) is 0. The summed E-state index contributed by atoms with van der Waals surface area (Å²) < 4.78 is 0. The SMILES string of the molecule is CC=C(C(CCC)C(C)C)C1(C)C(C)C1C. The summed E-state index contributed by atoms with van der Waals surface area (Å²) >= 11 is 0. The van der Waals surface area contributed by atoms with Gasteiger partial charge in [0.1, 0.15) is 0 Å². The van der Waals surface area contributed by atoms with Gasteiger partial charge < -0.3 is 0 Å². The van der Waals surface area contributed by atoms with E-state index in [1.807, 2.05) is 0 Å². The molecule has 3 atom stereocenters. The lowest BCUT2D eigenvalue weighted by molar-refractivity contribution is 0.357. The van der Waals surface area contributed by atoms with Crippen LogP contribution in [0.3, 0.4) is 0 Å². The van der Waals surface area contributed by atoms with Gasteiger partial charge in [0.25, 0.3) is 0 Å². The van der Waals surface area contributed by atoms with Crippen LogP contribution in [0.15, 0.2) is 11.6 Å². The van der Waals surface area contributed by atoms with Crippen molar-refractivity contribution in [2.75, 3.05) is 0 Å². The first-order valence-corrected chi connectivity index (χ1v) is 7.07. The fourth-order valence-electron chi connectivity index (χ4n) is 3.59. The van der Waals surface area contributed by atoms with E-state index in [-0.39, 0.29) is 0 Å². The topological polar surface area (TPSA) is 0 Å². The van der Waals surface area contributed by atoms with E-state index in [2.05, 4.69) is 54.5 Å². The van der Waals surface area contributed by atoms with Crippen molar-refractivity contribution < 1.29 is 0 Å². The quantitative estimate of drug-likeness (QED) is 0.554. The second-order valence-corrected chi connectivity index (χ2v) is 6.24. The summed E-state index contributed by atoms with van der Waals surface area (Å²) in [7, 11) is 0. The monoisotopic (exact) mass is 222 g/mol.